The Balaban J connectivity index is 1.70. The second-order valence-corrected chi connectivity index (χ2v) is 29.0. The average molecular weight is 627 g/mol. The SMILES string of the molecule is C[C@@H](O)[C@H]1CCC2/C(=C/C3C4C[C@@H](CC(C)(C)[Si](C)(C)O)C[C@H](O[Si](C)(C)C(C)(C)C)C4CS3(=O)=O)CCC[C@@]21C. The molecule has 2 N–H and O–H groups in total. The summed E-state index contributed by atoms with van der Waals surface area (Å²) >= 11 is 0. The summed E-state index contributed by atoms with van der Waals surface area (Å²) in [7, 11) is -7.81. The molecule has 41 heavy (non-hydrogen) atoms. The van der Waals surface area contributed by atoms with Crippen molar-refractivity contribution in [3.63, 3.8) is 0 Å². The van der Waals surface area contributed by atoms with Gasteiger partial charge in [-0.2, -0.15) is 0 Å². The van der Waals surface area contributed by atoms with E-state index in [4.69, 9.17) is 4.43 Å². The fourth-order valence-corrected chi connectivity index (χ4v) is 13.6. The highest BCUT2D eigenvalue weighted by Crippen LogP contribution is 2.59. The average Bonchev–Trinajstić information content (AvgIpc) is 3.26. The molecule has 3 saturated carbocycles. The van der Waals surface area contributed by atoms with Gasteiger partial charge in [0.05, 0.1) is 17.1 Å². The molecule has 0 radical (unpaired) electrons. The van der Waals surface area contributed by atoms with Crippen LogP contribution in [0.2, 0.25) is 36.3 Å². The summed E-state index contributed by atoms with van der Waals surface area (Å²) in [5.41, 5.74) is 1.41. The maximum atomic E-state index is 14.0. The van der Waals surface area contributed by atoms with E-state index in [-0.39, 0.29) is 45.3 Å². The first-order valence-corrected chi connectivity index (χ1v) is 24.1. The maximum Gasteiger partial charge on any atom is 0.192 e. The third-order valence-electron chi connectivity index (χ3n) is 13.2. The molecule has 4 aliphatic rings. The molecular formula is C33H62O5SSi2. The number of allylic oxidation sites excluding steroid dienone is 1. The van der Waals surface area contributed by atoms with Crippen molar-refractivity contribution in [1.29, 1.82) is 0 Å². The van der Waals surface area contributed by atoms with E-state index in [1.54, 1.807) is 0 Å². The minimum absolute atomic E-state index is 0.0403. The van der Waals surface area contributed by atoms with Gasteiger partial charge in [-0.3, -0.25) is 0 Å². The molecule has 1 saturated heterocycles. The first-order valence-electron chi connectivity index (χ1n) is 16.5. The van der Waals surface area contributed by atoms with Crippen molar-refractivity contribution < 1.29 is 22.7 Å². The van der Waals surface area contributed by atoms with E-state index >= 15 is 0 Å². The van der Waals surface area contributed by atoms with Crippen LogP contribution < -0.4 is 0 Å². The summed E-state index contributed by atoms with van der Waals surface area (Å²) in [4.78, 5) is 11.1. The van der Waals surface area contributed by atoms with Crippen molar-refractivity contribution in [2.24, 2.45) is 35.0 Å². The van der Waals surface area contributed by atoms with E-state index in [2.05, 4.69) is 60.7 Å². The summed E-state index contributed by atoms with van der Waals surface area (Å²) < 4.78 is 35.2. The van der Waals surface area contributed by atoms with E-state index in [0.29, 0.717) is 17.8 Å². The number of fused-ring (bicyclic) bond motifs is 2. The molecule has 8 heteroatoms. The zero-order valence-corrected chi connectivity index (χ0v) is 30.9. The third kappa shape index (κ3) is 6.40. The summed E-state index contributed by atoms with van der Waals surface area (Å²) in [5, 5.41) is 10.1. The normalized spacial score (nSPS) is 39.9. The second kappa shape index (κ2) is 11.1. The largest absolute Gasteiger partial charge is 0.432 e. The number of rotatable bonds is 7. The highest BCUT2D eigenvalue weighted by molar-refractivity contribution is 7.92. The van der Waals surface area contributed by atoms with Gasteiger partial charge in [0.25, 0.3) is 0 Å². The molecule has 1 aliphatic heterocycles. The van der Waals surface area contributed by atoms with Crippen LogP contribution in [0.3, 0.4) is 0 Å². The Bertz CT molecular complexity index is 1100. The monoisotopic (exact) mass is 626 g/mol. The van der Waals surface area contributed by atoms with Crippen LogP contribution in [0, 0.1) is 35.0 Å². The van der Waals surface area contributed by atoms with Gasteiger partial charge in [-0.1, -0.05) is 53.2 Å². The molecule has 0 amide bonds. The molecule has 4 fully saturated rings. The first-order chi connectivity index (χ1) is 18.5. The van der Waals surface area contributed by atoms with Crippen molar-refractivity contribution in [1.82, 2.24) is 0 Å². The Kier molecular flexibility index (Phi) is 9.18. The van der Waals surface area contributed by atoms with Gasteiger partial charge in [0.1, 0.15) is 0 Å². The molecule has 0 aromatic carbocycles. The Morgan fingerprint density at radius 3 is 2.27 bits per heavy atom. The van der Waals surface area contributed by atoms with E-state index in [0.717, 1.165) is 51.4 Å². The van der Waals surface area contributed by atoms with Crippen LogP contribution in [-0.2, 0) is 14.3 Å². The molecule has 9 atom stereocenters. The number of aliphatic hydroxyl groups is 1. The van der Waals surface area contributed by atoms with Crippen LogP contribution in [-0.4, -0.2) is 58.2 Å². The predicted octanol–water partition coefficient (Wildman–Crippen LogP) is 7.71. The lowest BCUT2D eigenvalue weighted by Crippen LogP contribution is -2.50. The topological polar surface area (TPSA) is 83.8 Å². The van der Waals surface area contributed by atoms with Crippen molar-refractivity contribution in [2.75, 3.05) is 5.75 Å². The van der Waals surface area contributed by atoms with E-state index < -0.39 is 31.7 Å². The second-order valence-electron chi connectivity index (χ2n) is 17.6. The van der Waals surface area contributed by atoms with Gasteiger partial charge >= 0.3 is 0 Å². The van der Waals surface area contributed by atoms with Gasteiger partial charge < -0.3 is 14.3 Å². The van der Waals surface area contributed by atoms with Crippen LogP contribution in [0.5, 0.6) is 0 Å². The summed E-state index contributed by atoms with van der Waals surface area (Å²) in [6.45, 7) is 24.2. The molecule has 0 spiro atoms. The highest BCUT2D eigenvalue weighted by Gasteiger charge is 2.57. The van der Waals surface area contributed by atoms with Crippen molar-refractivity contribution in [3.8, 4) is 0 Å². The van der Waals surface area contributed by atoms with Crippen LogP contribution in [0.4, 0.5) is 0 Å². The lowest BCUT2D eigenvalue weighted by Gasteiger charge is -2.48. The quantitative estimate of drug-likeness (QED) is 0.223. The molecule has 0 bridgehead atoms. The molecule has 4 unspecified atom stereocenters. The van der Waals surface area contributed by atoms with Crippen LogP contribution in [0.25, 0.3) is 0 Å². The summed E-state index contributed by atoms with van der Waals surface area (Å²) in [6.07, 6.45) is 9.86. The number of aliphatic hydroxyl groups excluding tert-OH is 1. The fraction of sp³-hybridized carbons (Fsp3) is 0.939. The van der Waals surface area contributed by atoms with E-state index in [1.807, 2.05) is 20.0 Å². The van der Waals surface area contributed by atoms with E-state index in [9.17, 15) is 18.3 Å². The standard InChI is InChI=1S/C33H62O5SSi2/c1-22(34)27-14-15-28-24(13-12-16-33(27,28)7)19-30-25-17-23(20-32(5,6)40(8,9)37)18-29(26(25)21-39(30,35)36)38-41(10,11)31(2,3)4/h19,22-23,25-30,34,37H,12-18,20-21H2,1-11H3/b24-19+/t22-,23-,25?,26?,27-,28?,29+,30?,33-/m1/s1. The molecular weight excluding hydrogens is 565 g/mol. The van der Waals surface area contributed by atoms with E-state index in [1.165, 1.54) is 5.57 Å². The predicted molar refractivity (Wildman–Crippen MR) is 176 cm³/mol. The molecule has 1 heterocycles. The van der Waals surface area contributed by atoms with Gasteiger partial charge in [0.2, 0.25) is 0 Å². The van der Waals surface area contributed by atoms with Crippen molar-refractivity contribution in [3.05, 3.63) is 11.6 Å². The van der Waals surface area contributed by atoms with Gasteiger partial charge in [0.15, 0.2) is 26.5 Å². The lowest BCUT2D eigenvalue weighted by atomic mass is 9.62. The molecule has 238 valence electrons. The lowest BCUT2D eigenvalue weighted by molar-refractivity contribution is 0.0265. The Morgan fingerprint density at radius 2 is 1.71 bits per heavy atom. The molecule has 0 aromatic heterocycles. The van der Waals surface area contributed by atoms with Crippen molar-refractivity contribution >= 4 is 26.5 Å². The molecule has 4 rings (SSSR count). The molecule has 0 aromatic rings. The number of hydrogen-bond acceptors (Lipinski definition) is 5. The minimum Gasteiger partial charge on any atom is -0.432 e. The number of sulfone groups is 1. The Hall–Kier alpha value is 0.00377. The number of hydrogen-bond donors (Lipinski definition) is 2. The van der Waals surface area contributed by atoms with Gasteiger partial charge in [-0.25, -0.2) is 8.42 Å². The van der Waals surface area contributed by atoms with Gasteiger partial charge in [-0.15, -0.1) is 0 Å². The molecule has 3 aliphatic carbocycles. The zero-order valence-electron chi connectivity index (χ0n) is 28.1. The smallest absolute Gasteiger partial charge is 0.192 e. The highest BCUT2D eigenvalue weighted by atomic mass is 32.2. The third-order valence-corrected chi connectivity index (χ3v) is 23.4. The van der Waals surface area contributed by atoms with Gasteiger partial charge in [0, 0.05) is 12.0 Å². The first kappa shape index (κ1) is 33.9. The zero-order chi connectivity index (χ0) is 31.0. The fourth-order valence-electron chi connectivity index (χ4n) is 9.03. The van der Waals surface area contributed by atoms with Crippen LogP contribution >= 0.6 is 0 Å². The minimum atomic E-state index is -3.30. The van der Waals surface area contributed by atoms with Gasteiger partial charge in [-0.05, 0) is 124 Å². The Labute approximate surface area is 254 Å². The van der Waals surface area contributed by atoms with Crippen LogP contribution in [0.15, 0.2) is 11.6 Å². The maximum absolute atomic E-state index is 14.0. The summed E-state index contributed by atoms with van der Waals surface area (Å²) in [6, 6.07) is 0. The molecule has 5 nitrogen and oxygen atoms in total. The van der Waals surface area contributed by atoms with Crippen LogP contribution in [0.1, 0.15) is 99.8 Å². The summed E-state index contributed by atoms with van der Waals surface area (Å²) in [5.74, 6) is 1.36. The Morgan fingerprint density at radius 1 is 1.07 bits per heavy atom. The van der Waals surface area contributed by atoms with Crippen molar-refractivity contribution in [2.45, 2.75) is 154 Å².